The highest BCUT2D eigenvalue weighted by Crippen LogP contribution is 2.14. The number of pyridine rings is 1. The zero-order valence-electron chi connectivity index (χ0n) is 11.2. The number of hydrogen-bond acceptors (Lipinski definition) is 2. The summed E-state index contributed by atoms with van der Waals surface area (Å²) in [7, 11) is 0. The van der Waals surface area contributed by atoms with Crippen LogP contribution in [0.15, 0.2) is 66.9 Å². The van der Waals surface area contributed by atoms with Gasteiger partial charge >= 0.3 is 0 Å². The molecule has 0 aliphatic heterocycles. The number of nitrogens with zero attached hydrogens (tertiary/aromatic N) is 1. The summed E-state index contributed by atoms with van der Waals surface area (Å²) in [5, 5.41) is 0.929. The van der Waals surface area contributed by atoms with Crippen molar-refractivity contribution in [3.8, 4) is 0 Å². The highest BCUT2D eigenvalue weighted by atomic mass is 19.1. The molecule has 0 saturated heterocycles. The van der Waals surface area contributed by atoms with Crippen molar-refractivity contribution in [3.63, 3.8) is 0 Å². The number of benzene rings is 2. The summed E-state index contributed by atoms with van der Waals surface area (Å²) in [5.41, 5.74) is 2.25. The van der Waals surface area contributed by atoms with Crippen molar-refractivity contribution < 1.29 is 9.18 Å². The second-order valence-corrected chi connectivity index (χ2v) is 4.66. The maximum atomic E-state index is 12.8. The van der Waals surface area contributed by atoms with E-state index in [2.05, 4.69) is 4.98 Å². The van der Waals surface area contributed by atoms with Gasteiger partial charge in [-0.15, -0.1) is 0 Å². The molecule has 0 bridgehead atoms. The maximum absolute atomic E-state index is 12.8. The number of ketones is 1. The minimum atomic E-state index is -0.291. The van der Waals surface area contributed by atoms with Crippen molar-refractivity contribution in [3.05, 3.63) is 83.8 Å². The van der Waals surface area contributed by atoms with Gasteiger partial charge in [-0.2, -0.15) is 0 Å². The standard InChI is InChI=1S/C18H12FNO/c19-16-7-3-13(4-8-16)5-10-18(21)15-6-9-17-14(12-15)2-1-11-20-17/h1-12H/b10-5+. The average molecular weight is 277 g/mol. The van der Waals surface area contributed by atoms with Crippen LogP contribution >= 0.6 is 0 Å². The highest BCUT2D eigenvalue weighted by Gasteiger charge is 2.03. The van der Waals surface area contributed by atoms with Gasteiger partial charge < -0.3 is 0 Å². The van der Waals surface area contributed by atoms with E-state index in [9.17, 15) is 9.18 Å². The van der Waals surface area contributed by atoms with Crippen molar-refractivity contribution in [1.82, 2.24) is 4.98 Å². The number of carbonyl (C=O) groups excluding carboxylic acids is 1. The lowest BCUT2D eigenvalue weighted by Crippen LogP contribution is -1.94. The first-order valence-electron chi connectivity index (χ1n) is 6.55. The molecule has 0 aliphatic carbocycles. The van der Waals surface area contributed by atoms with Gasteiger partial charge in [0.25, 0.3) is 0 Å². The molecule has 0 aliphatic rings. The van der Waals surface area contributed by atoms with Crippen LogP contribution in [0.3, 0.4) is 0 Å². The summed E-state index contributed by atoms with van der Waals surface area (Å²) in [4.78, 5) is 16.4. The Kier molecular flexibility index (Phi) is 3.56. The normalized spacial score (nSPS) is 11.1. The average Bonchev–Trinajstić information content (AvgIpc) is 2.53. The number of carbonyl (C=O) groups is 1. The van der Waals surface area contributed by atoms with Gasteiger partial charge in [-0.3, -0.25) is 9.78 Å². The molecular formula is C18H12FNO. The highest BCUT2D eigenvalue weighted by molar-refractivity contribution is 6.08. The molecule has 0 fully saturated rings. The first-order valence-corrected chi connectivity index (χ1v) is 6.55. The van der Waals surface area contributed by atoms with Crippen LogP contribution in [-0.4, -0.2) is 10.8 Å². The summed E-state index contributed by atoms with van der Waals surface area (Å²) >= 11 is 0. The fourth-order valence-electron chi connectivity index (χ4n) is 2.07. The summed E-state index contributed by atoms with van der Waals surface area (Å²) in [6.45, 7) is 0. The third kappa shape index (κ3) is 3.03. The van der Waals surface area contributed by atoms with Gasteiger partial charge in [0.1, 0.15) is 5.82 Å². The molecule has 2 aromatic carbocycles. The van der Waals surface area contributed by atoms with E-state index in [-0.39, 0.29) is 11.6 Å². The van der Waals surface area contributed by atoms with Gasteiger partial charge in [0, 0.05) is 17.1 Å². The third-order valence-corrected chi connectivity index (χ3v) is 3.18. The van der Waals surface area contributed by atoms with Crippen LogP contribution in [0.25, 0.3) is 17.0 Å². The lowest BCUT2D eigenvalue weighted by atomic mass is 10.1. The van der Waals surface area contributed by atoms with Crippen molar-refractivity contribution in [2.24, 2.45) is 0 Å². The molecule has 2 nitrogen and oxygen atoms in total. The Labute approximate surface area is 121 Å². The first-order chi connectivity index (χ1) is 10.2. The monoisotopic (exact) mass is 277 g/mol. The van der Waals surface area contributed by atoms with E-state index >= 15 is 0 Å². The zero-order chi connectivity index (χ0) is 14.7. The molecule has 3 heteroatoms. The summed E-state index contributed by atoms with van der Waals surface area (Å²) in [5.74, 6) is -0.384. The van der Waals surface area contributed by atoms with E-state index in [4.69, 9.17) is 0 Å². The first kappa shape index (κ1) is 13.2. The Bertz CT molecular complexity index is 822. The lowest BCUT2D eigenvalue weighted by molar-refractivity contribution is 0.104. The van der Waals surface area contributed by atoms with Gasteiger partial charge in [0.2, 0.25) is 0 Å². The minimum absolute atomic E-state index is 0.0925. The topological polar surface area (TPSA) is 30.0 Å². The SMILES string of the molecule is O=C(/C=C/c1ccc(F)cc1)c1ccc2ncccc2c1. The Balaban J connectivity index is 1.84. The molecule has 3 rings (SSSR count). The second-order valence-electron chi connectivity index (χ2n) is 4.66. The third-order valence-electron chi connectivity index (χ3n) is 3.18. The van der Waals surface area contributed by atoms with Gasteiger partial charge in [-0.05, 0) is 48.0 Å². The quantitative estimate of drug-likeness (QED) is 0.528. The van der Waals surface area contributed by atoms with Crippen molar-refractivity contribution in [2.45, 2.75) is 0 Å². The molecule has 0 radical (unpaired) electrons. The lowest BCUT2D eigenvalue weighted by Gasteiger charge is -1.99. The van der Waals surface area contributed by atoms with Crippen LogP contribution in [-0.2, 0) is 0 Å². The summed E-state index contributed by atoms with van der Waals surface area (Å²) in [6.07, 6.45) is 4.89. The fraction of sp³-hybridized carbons (Fsp3) is 0. The van der Waals surface area contributed by atoms with E-state index in [0.717, 1.165) is 16.5 Å². The van der Waals surface area contributed by atoms with Crippen molar-refractivity contribution >= 4 is 22.8 Å². The molecule has 1 heterocycles. The second kappa shape index (κ2) is 5.67. The largest absolute Gasteiger partial charge is 0.289 e. The number of allylic oxidation sites excluding steroid dienone is 1. The number of fused-ring (bicyclic) bond motifs is 1. The van der Waals surface area contributed by atoms with Crippen LogP contribution in [0.5, 0.6) is 0 Å². The predicted octanol–water partition coefficient (Wildman–Crippen LogP) is 4.27. The Morgan fingerprint density at radius 2 is 1.86 bits per heavy atom. The van der Waals surface area contributed by atoms with Crippen LogP contribution in [0, 0.1) is 5.82 Å². The van der Waals surface area contributed by atoms with Gasteiger partial charge in [0.05, 0.1) is 5.52 Å². The molecule has 102 valence electrons. The van der Waals surface area contributed by atoms with E-state index in [1.54, 1.807) is 30.5 Å². The van der Waals surface area contributed by atoms with Gasteiger partial charge in [-0.25, -0.2) is 4.39 Å². The molecule has 0 unspecified atom stereocenters. The fourth-order valence-corrected chi connectivity index (χ4v) is 2.07. The molecule has 0 saturated carbocycles. The number of hydrogen-bond donors (Lipinski definition) is 0. The molecule has 3 aromatic rings. The predicted molar refractivity (Wildman–Crippen MR) is 81.5 cm³/mol. The van der Waals surface area contributed by atoms with E-state index in [1.165, 1.54) is 18.2 Å². The minimum Gasteiger partial charge on any atom is -0.289 e. The molecule has 0 spiro atoms. The Hall–Kier alpha value is -2.81. The summed E-state index contributed by atoms with van der Waals surface area (Å²) in [6, 6.07) is 15.2. The van der Waals surface area contributed by atoms with Gasteiger partial charge in [0.15, 0.2) is 5.78 Å². The molecule has 0 N–H and O–H groups in total. The number of halogens is 1. The summed E-state index contributed by atoms with van der Waals surface area (Å²) < 4.78 is 12.8. The number of rotatable bonds is 3. The maximum Gasteiger partial charge on any atom is 0.185 e. The zero-order valence-corrected chi connectivity index (χ0v) is 11.2. The van der Waals surface area contributed by atoms with Gasteiger partial charge in [-0.1, -0.05) is 24.3 Å². The van der Waals surface area contributed by atoms with Crippen LogP contribution in [0.2, 0.25) is 0 Å². The van der Waals surface area contributed by atoms with E-state index < -0.39 is 0 Å². The van der Waals surface area contributed by atoms with Crippen LogP contribution in [0.4, 0.5) is 4.39 Å². The van der Waals surface area contributed by atoms with Crippen LogP contribution in [0.1, 0.15) is 15.9 Å². The number of aromatic nitrogens is 1. The molecule has 0 atom stereocenters. The Morgan fingerprint density at radius 3 is 2.67 bits per heavy atom. The van der Waals surface area contributed by atoms with E-state index in [0.29, 0.717) is 5.56 Å². The Morgan fingerprint density at radius 1 is 1.05 bits per heavy atom. The van der Waals surface area contributed by atoms with Crippen molar-refractivity contribution in [1.29, 1.82) is 0 Å². The molecule has 21 heavy (non-hydrogen) atoms. The smallest absolute Gasteiger partial charge is 0.185 e. The van der Waals surface area contributed by atoms with Crippen LogP contribution < -0.4 is 0 Å². The molecule has 0 amide bonds. The molecule has 1 aromatic heterocycles. The van der Waals surface area contributed by atoms with Crippen molar-refractivity contribution in [2.75, 3.05) is 0 Å². The molecular weight excluding hydrogens is 265 g/mol. The van der Waals surface area contributed by atoms with E-state index in [1.807, 2.05) is 24.3 Å².